The number of nitrogens with zero attached hydrogens (tertiary/aromatic N) is 1. The molecule has 0 aliphatic rings. The van der Waals surface area contributed by atoms with Crippen LogP contribution in [0.2, 0.25) is 0 Å². The number of carboxylic acid groups (broad SMARTS) is 1. The van der Waals surface area contributed by atoms with Gasteiger partial charge in [-0.05, 0) is 20.8 Å². The minimum absolute atomic E-state index is 0.0660. The molecule has 0 heterocycles. The van der Waals surface area contributed by atoms with Crippen LogP contribution in [0.3, 0.4) is 0 Å². The Balaban J connectivity index is 4.22. The van der Waals surface area contributed by atoms with E-state index >= 15 is 0 Å². The van der Waals surface area contributed by atoms with E-state index in [2.05, 4.69) is 0 Å². The van der Waals surface area contributed by atoms with Crippen LogP contribution in [-0.4, -0.2) is 40.9 Å². The molecule has 1 atom stereocenters. The minimum atomic E-state index is -0.820. The summed E-state index contributed by atoms with van der Waals surface area (Å²) in [4.78, 5) is 23.4. The van der Waals surface area contributed by atoms with Gasteiger partial charge in [-0.15, -0.1) is 0 Å². The van der Waals surface area contributed by atoms with Gasteiger partial charge in [0.05, 0.1) is 12.5 Å². The smallest absolute Gasteiger partial charge is 0.307 e. The van der Waals surface area contributed by atoms with Gasteiger partial charge >= 0.3 is 5.97 Å². The lowest BCUT2D eigenvalue weighted by Gasteiger charge is -2.26. The number of hydrogen-bond donors (Lipinski definition) is 1. The van der Waals surface area contributed by atoms with Gasteiger partial charge in [-0.1, -0.05) is 6.92 Å². The summed E-state index contributed by atoms with van der Waals surface area (Å²) in [5, 5.41) is 8.74. The van der Waals surface area contributed by atoms with E-state index in [0.29, 0.717) is 13.1 Å². The van der Waals surface area contributed by atoms with Crippen LogP contribution in [0.5, 0.6) is 0 Å². The van der Waals surface area contributed by atoms with Crippen LogP contribution in [0.25, 0.3) is 0 Å². The van der Waals surface area contributed by atoms with Crippen LogP contribution in [0.1, 0.15) is 27.7 Å². The molecule has 14 heavy (non-hydrogen) atoms. The summed E-state index contributed by atoms with van der Waals surface area (Å²) < 4.78 is 0. The van der Waals surface area contributed by atoms with Crippen LogP contribution in [0.4, 0.5) is 0 Å². The van der Waals surface area contributed by atoms with Crippen molar-refractivity contribution in [1.29, 1.82) is 0 Å². The Hall–Kier alpha value is -0.900. The zero-order valence-electron chi connectivity index (χ0n) is 9.28. The molecule has 0 aromatic carbocycles. The molecular weight excluding hydrogens is 182 g/mol. The molecule has 82 valence electrons. The zero-order chi connectivity index (χ0) is 11.3. The van der Waals surface area contributed by atoms with E-state index < -0.39 is 11.9 Å². The molecule has 0 aliphatic heterocycles. The summed E-state index contributed by atoms with van der Waals surface area (Å²) in [7, 11) is 0. The molecule has 0 saturated heterocycles. The van der Waals surface area contributed by atoms with Gasteiger partial charge in [0, 0.05) is 12.6 Å². The third-order valence-electron chi connectivity index (χ3n) is 2.09. The first-order valence-electron chi connectivity index (χ1n) is 4.81. The number of carbonyl (C=O) groups excluding carboxylic acids is 1. The van der Waals surface area contributed by atoms with Crippen molar-refractivity contribution in [2.24, 2.45) is 5.92 Å². The van der Waals surface area contributed by atoms with Gasteiger partial charge in [0.2, 0.25) is 0 Å². The molecule has 0 aromatic rings. The van der Waals surface area contributed by atoms with Crippen molar-refractivity contribution >= 4 is 11.8 Å². The highest BCUT2D eigenvalue weighted by molar-refractivity contribution is 5.77. The van der Waals surface area contributed by atoms with Crippen molar-refractivity contribution in [3.8, 4) is 0 Å². The fraction of sp³-hybridized carbons (Fsp3) is 0.800. The van der Waals surface area contributed by atoms with Gasteiger partial charge in [0.1, 0.15) is 5.78 Å². The lowest BCUT2D eigenvalue weighted by Crippen LogP contribution is -2.39. The van der Waals surface area contributed by atoms with Crippen molar-refractivity contribution in [3.63, 3.8) is 0 Å². The molecule has 1 unspecified atom stereocenters. The van der Waals surface area contributed by atoms with Gasteiger partial charge in [0.25, 0.3) is 0 Å². The van der Waals surface area contributed by atoms with Gasteiger partial charge in [-0.3, -0.25) is 14.5 Å². The summed E-state index contributed by atoms with van der Waals surface area (Å²) in [5.74, 6) is -1.19. The van der Waals surface area contributed by atoms with Crippen LogP contribution >= 0.6 is 0 Å². The van der Waals surface area contributed by atoms with E-state index in [9.17, 15) is 9.59 Å². The third kappa shape index (κ3) is 4.97. The fourth-order valence-corrected chi connectivity index (χ4v) is 1.17. The third-order valence-corrected chi connectivity index (χ3v) is 2.09. The maximum atomic E-state index is 10.9. The van der Waals surface area contributed by atoms with E-state index in [4.69, 9.17) is 5.11 Å². The van der Waals surface area contributed by atoms with Crippen molar-refractivity contribution in [1.82, 2.24) is 4.90 Å². The minimum Gasteiger partial charge on any atom is -0.481 e. The summed E-state index contributed by atoms with van der Waals surface area (Å²) in [6.45, 7) is 7.83. The first-order valence-corrected chi connectivity index (χ1v) is 4.81. The summed E-state index contributed by atoms with van der Waals surface area (Å²) in [6, 6.07) is 0.195. The van der Waals surface area contributed by atoms with E-state index in [1.807, 2.05) is 18.7 Å². The summed E-state index contributed by atoms with van der Waals surface area (Å²) in [5.41, 5.74) is 0. The highest BCUT2D eigenvalue weighted by Crippen LogP contribution is 2.04. The van der Waals surface area contributed by atoms with Crippen LogP contribution in [0.15, 0.2) is 0 Å². The second-order valence-corrected chi connectivity index (χ2v) is 3.96. The molecule has 0 radical (unpaired) electrons. The summed E-state index contributed by atoms with van der Waals surface area (Å²) in [6.07, 6.45) is 0. The second kappa shape index (κ2) is 5.75. The molecule has 0 rings (SSSR count). The molecule has 4 heteroatoms. The van der Waals surface area contributed by atoms with Gasteiger partial charge in [0.15, 0.2) is 0 Å². The number of rotatable bonds is 6. The SMILES string of the molecule is CC(=O)CN(CC(C)C(=O)O)C(C)C. The highest BCUT2D eigenvalue weighted by atomic mass is 16.4. The molecule has 0 spiro atoms. The fourth-order valence-electron chi connectivity index (χ4n) is 1.17. The monoisotopic (exact) mass is 201 g/mol. The van der Waals surface area contributed by atoms with Gasteiger partial charge in [-0.25, -0.2) is 0 Å². The average molecular weight is 201 g/mol. The number of ketones is 1. The Morgan fingerprint density at radius 3 is 2.07 bits per heavy atom. The maximum absolute atomic E-state index is 10.9. The number of carbonyl (C=O) groups is 2. The molecule has 0 amide bonds. The highest BCUT2D eigenvalue weighted by Gasteiger charge is 2.18. The van der Waals surface area contributed by atoms with E-state index in [1.165, 1.54) is 6.92 Å². The van der Waals surface area contributed by atoms with Crippen LogP contribution < -0.4 is 0 Å². The number of carboxylic acids is 1. The van der Waals surface area contributed by atoms with E-state index in [0.717, 1.165) is 0 Å². The molecule has 0 aliphatic carbocycles. The molecular formula is C10H19NO3. The normalized spacial score (nSPS) is 13.3. The van der Waals surface area contributed by atoms with Crippen molar-refractivity contribution < 1.29 is 14.7 Å². The summed E-state index contributed by atoms with van der Waals surface area (Å²) >= 11 is 0. The quantitative estimate of drug-likeness (QED) is 0.696. The first-order chi connectivity index (χ1) is 6.34. The zero-order valence-corrected chi connectivity index (χ0v) is 9.28. The topological polar surface area (TPSA) is 57.6 Å². The van der Waals surface area contributed by atoms with Crippen LogP contribution in [0, 0.1) is 5.92 Å². The second-order valence-electron chi connectivity index (χ2n) is 3.96. The predicted molar refractivity (Wildman–Crippen MR) is 54.2 cm³/mol. The Morgan fingerprint density at radius 1 is 1.29 bits per heavy atom. The van der Waals surface area contributed by atoms with Crippen molar-refractivity contribution in [2.75, 3.05) is 13.1 Å². The van der Waals surface area contributed by atoms with Gasteiger partial charge in [-0.2, -0.15) is 0 Å². The number of aliphatic carboxylic acids is 1. The molecule has 0 bridgehead atoms. The van der Waals surface area contributed by atoms with E-state index in [-0.39, 0.29) is 11.8 Å². The van der Waals surface area contributed by atoms with E-state index in [1.54, 1.807) is 6.92 Å². The number of hydrogen-bond acceptors (Lipinski definition) is 3. The maximum Gasteiger partial charge on any atom is 0.307 e. The Labute approximate surface area is 84.9 Å². The molecule has 0 aromatic heterocycles. The molecule has 1 N–H and O–H groups in total. The first kappa shape index (κ1) is 13.1. The van der Waals surface area contributed by atoms with Crippen molar-refractivity contribution in [3.05, 3.63) is 0 Å². The lowest BCUT2D eigenvalue weighted by atomic mass is 10.1. The Bertz CT molecular complexity index is 213. The largest absolute Gasteiger partial charge is 0.481 e. The standard InChI is InChI=1S/C10H19NO3/c1-7(2)11(6-9(4)12)5-8(3)10(13)14/h7-8H,5-6H2,1-4H3,(H,13,14). The predicted octanol–water partition coefficient (Wildman–Crippen LogP) is 1.01. The average Bonchev–Trinajstić information content (AvgIpc) is 2.01. The molecule has 0 fully saturated rings. The molecule has 4 nitrogen and oxygen atoms in total. The Morgan fingerprint density at radius 2 is 1.79 bits per heavy atom. The van der Waals surface area contributed by atoms with Gasteiger partial charge < -0.3 is 5.11 Å². The Kier molecular flexibility index (Phi) is 5.38. The van der Waals surface area contributed by atoms with Crippen LogP contribution in [-0.2, 0) is 9.59 Å². The number of Topliss-reactive ketones (excluding diaryl/α,β-unsaturated/α-hetero) is 1. The molecule has 0 saturated carbocycles. The van der Waals surface area contributed by atoms with Crippen molar-refractivity contribution in [2.45, 2.75) is 33.7 Å². The lowest BCUT2D eigenvalue weighted by molar-refractivity contribution is -0.142.